The van der Waals surface area contributed by atoms with Crippen LogP contribution in [-0.2, 0) is 6.42 Å². The molecule has 2 rings (SSSR count). The number of aliphatic hydroxyl groups is 1. The first-order valence-corrected chi connectivity index (χ1v) is 6.72. The molecule has 20 heavy (non-hydrogen) atoms. The molecule has 0 heterocycles. The number of aryl methyl sites for hydroxylation is 1. The highest BCUT2D eigenvalue weighted by atomic mass is 16.3. The Kier molecular flexibility index (Phi) is 4.91. The van der Waals surface area contributed by atoms with E-state index in [1.165, 1.54) is 0 Å². The van der Waals surface area contributed by atoms with Crippen molar-refractivity contribution < 1.29 is 9.90 Å². The molecule has 0 saturated heterocycles. The molecular formula is C17H19NO2. The number of rotatable bonds is 5. The second kappa shape index (κ2) is 6.87. The van der Waals surface area contributed by atoms with E-state index in [9.17, 15) is 9.90 Å². The van der Waals surface area contributed by atoms with Gasteiger partial charge in [0.15, 0.2) is 0 Å². The van der Waals surface area contributed by atoms with Crippen LogP contribution in [0, 0.1) is 6.92 Å². The first-order valence-electron chi connectivity index (χ1n) is 6.72. The van der Waals surface area contributed by atoms with Crippen molar-refractivity contribution in [2.75, 3.05) is 6.61 Å². The molecule has 0 aliphatic carbocycles. The summed E-state index contributed by atoms with van der Waals surface area (Å²) in [5.74, 6) is -0.141. The maximum atomic E-state index is 12.2. The van der Waals surface area contributed by atoms with Crippen LogP contribution in [0.25, 0.3) is 0 Å². The van der Waals surface area contributed by atoms with E-state index in [0.29, 0.717) is 12.0 Å². The summed E-state index contributed by atoms with van der Waals surface area (Å²) in [4.78, 5) is 12.2. The Balaban J connectivity index is 2.03. The van der Waals surface area contributed by atoms with Crippen molar-refractivity contribution in [3.8, 4) is 0 Å². The Morgan fingerprint density at radius 2 is 1.75 bits per heavy atom. The Morgan fingerprint density at radius 3 is 2.40 bits per heavy atom. The number of hydrogen-bond acceptors (Lipinski definition) is 2. The maximum Gasteiger partial charge on any atom is 0.251 e. The van der Waals surface area contributed by atoms with E-state index in [2.05, 4.69) is 5.32 Å². The molecule has 0 aliphatic heterocycles. The Morgan fingerprint density at radius 1 is 1.10 bits per heavy atom. The van der Waals surface area contributed by atoms with Crippen LogP contribution in [0.3, 0.4) is 0 Å². The Labute approximate surface area is 119 Å². The van der Waals surface area contributed by atoms with E-state index >= 15 is 0 Å². The van der Waals surface area contributed by atoms with Gasteiger partial charge in [-0.3, -0.25) is 4.79 Å². The van der Waals surface area contributed by atoms with Crippen molar-refractivity contribution in [3.05, 3.63) is 71.3 Å². The molecule has 0 radical (unpaired) electrons. The normalized spacial score (nSPS) is 11.9. The van der Waals surface area contributed by atoms with E-state index in [1.807, 2.05) is 55.5 Å². The zero-order valence-electron chi connectivity index (χ0n) is 11.5. The molecule has 1 amide bonds. The minimum atomic E-state index is -0.274. The van der Waals surface area contributed by atoms with Crippen molar-refractivity contribution in [2.45, 2.75) is 19.4 Å². The summed E-state index contributed by atoms with van der Waals surface area (Å²) in [6, 6.07) is 17.0. The summed E-state index contributed by atoms with van der Waals surface area (Å²) in [7, 11) is 0. The van der Waals surface area contributed by atoms with E-state index in [0.717, 1.165) is 11.1 Å². The smallest absolute Gasteiger partial charge is 0.251 e. The summed E-state index contributed by atoms with van der Waals surface area (Å²) in [6.45, 7) is 1.83. The molecule has 0 saturated carbocycles. The number of aliphatic hydroxyl groups excluding tert-OH is 1. The second-order valence-electron chi connectivity index (χ2n) is 4.86. The highest BCUT2D eigenvalue weighted by molar-refractivity contribution is 5.95. The lowest BCUT2D eigenvalue weighted by atomic mass is 10.0. The maximum absolute atomic E-state index is 12.2. The molecule has 0 bridgehead atoms. The van der Waals surface area contributed by atoms with Crippen LogP contribution >= 0.6 is 0 Å². The fraction of sp³-hybridized carbons (Fsp3) is 0.235. The average Bonchev–Trinajstić information content (AvgIpc) is 2.48. The van der Waals surface area contributed by atoms with Crippen LogP contribution in [0.2, 0.25) is 0 Å². The number of nitrogens with one attached hydrogen (secondary N) is 1. The lowest BCUT2D eigenvalue weighted by Crippen LogP contribution is -2.39. The van der Waals surface area contributed by atoms with Crippen LogP contribution < -0.4 is 5.32 Å². The molecule has 3 nitrogen and oxygen atoms in total. The lowest BCUT2D eigenvalue weighted by molar-refractivity contribution is 0.0916. The van der Waals surface area contributed by atoms with Gasteiger partial charge in [-0.25, -0.2) is 0 Å². The van der Waals surface area contributed by atoms with Gasteiger partial charge in [-0.1, -0.05) is 48.5 Å². The van der Waals surface area contributed by atoms with E-state index in [4.69, 9.17) is 0 Å². The van der Waals surface area contributed by atoms with Gasteiger partial charge in [-0.2, -0.15) is 0 Å². The zero-order chi connectivity index (χ0) is 14.4. The molecule has 0 unspecified atom stereocenters. The summed E-state index contributed by atoms with van der Waals surface area (Å²) < 4.78 is 0. The van der Waals surface area contributed by atoms with Gasteiger partial charge in [-0.15, -0.1) is 0 Å². The summed E-state index contributed by atoms with van der Waals surface area (Å²) in [6.07, 6.45) is 0.620. The van der Waals surface area contributed by atoms with Gasteiger partial charge in [0.25, 0.3) is 5.91 Å². The number of hydrogen-bond donors (Lipinski definition) is 2. The molecule has 2 N–H and O–H groups in total. The molecule has 0 aromatic heterocycles. The summed E-state index contributed by atoms with van der Waals surface area (Å²) >= 11 is 0. The Hall–Kier alpha value is -2.13. The van der Waals surface area contributed by atoms with Crippen molar-refractivity contribution in [2.24, 2.45) is 0 Å². The number of benzene rings is 2. The third-order valence-corrected chi connectivity index (χ3v) is 3.27. The van der Waals surface area contributed by atoms with Crippen LogP contribution in [0.15, 0.2) is 54.6 Å². The van der Waals surface area contributed by atoms with Crippen LogP contribution in [-0.4, -0.2) is 23.7 Å². The summed E-state index contributed by atoms with van der Waals surface area (Å²) in [5, 5.41) is 12.3. The monoisotopic (exact) mass is 269 g/mol. The molecule has 2 aromatic rings. The highest BCUT2D eigenvalue weighted by Gasteiger charge is 2.14. The molecule has 0 aliphatic rings. The first kappa shape index (κ1) is 14.3. The molecule has 3 heteroatoms. The molecule has 104 valence electrons. The van der Waals surface area contributed by atoms with Gasteiger partial charge in [0, 0.05) is 5.56 Å². The van der Waals surface area contributed by atoms with Crippen molar-refractivity contribution >= 4 is 5.91 Å². The first-order chi connectivity index (χ1) is 9.70. The fourth-order valence-electron chi connectivity index (χ4n) is 2.15. The Bertz CT molecular complexity index is 566. The standard InChI is InChI=1S/C17H19NO2/c1-13-7-5-6-10-16(13)17(20)18-15(12-19)11-14-8-3-2-4-9-14/h2-10,15,19H,11-12H2,1H3,(H,18,20)/t15-/m0/s1. The highest BCUT2D eigenvalue weighted by Crippen LogP contribution is 2.08. The largest absolute Gasteiger partial charge is 0.394 e. The van der Waals surface area contributed by atoms with Crippen molar-refractivity contribution in [1.82, 2.24) is 5.32 Å². The number of carbonyl (C=O) groups is 1. The summed E-state index contributed by atoms with van der Waals surface area (Å²) in [5.41, 5.74) is 2.68. The third-order valence-electron chi connectivity index (χ3n) is 3.27. The SMILES string of the molecule is Cc1ccccc1C(=O)N[C@H](CO)Cc1ccccc1. The number of carbonyl (C=O) groups excluding carboxylic acids is 1. The van der Waals surface area contributed by atoms with Gasteiger partial charge in [0.2, 0.25) is 0 Å². The van der Waals surface area contributed by atoms with Gasteiger partial charge < -0.3 is 10.4 Å². The van der Waals surface area contributed by atoms with E-state index in [1.54, 1.807) is 6.07 Å². The van der Waals surface area contributed by atoms with Crippen molar-refractivity contribution in [3.63, 3.8) is 0 Å². The quantitative estimate of drug-likeness (QED) is 0.875. The predicted octanol–water partition coefficient (Wildman–Crippen LogP) is 2.33. The van der Waals surface area contributed by atoms with Gasteiger partial charge in [-0.05, 0) is 30.5 Å². The minimum absolute atomic E-state index is 0.0769. The predicted molar refractivity (Wildman–Crippen MR) is 79.7 cm³/mol. The van der Waals surface area contributed by atoms with Crippen LogP contribution in [0.5, 0.6) is 0 Å². The molecule has 0 spiro atoms. The fourth-order valence-corrected chi connectivity index (χ4v) is 2.15. The minimum Gasteiger partial charge on any atom is -0.394 e. The van der Waals surface area contributed by atoms with Crippen molar-refractivity contribution in [1.29, 1.82) is 0 Å². The zero-order valence-corrected chi connectivity index (χ0v) is 11.5. The molecule has 0 fully saturated rings. The topological polar surface area (TPSA) is 49.3 Å². The van der Waals surface area contributed by atoms with E-state index in [-0.39, 0.29) is 18.6 Å². The molecular weight excluding hydrogens is 250 g/mol. The molecule has 1 atom stereocenters. The van der Waals surface area contributed by atoms with Gasteiger partial charge in [0.05, 0.1) is 12.6 Å². The van der Waals surface area contributed by atoms with Gasteiger partial charge in [0.1, 0.15) is 0 Å². The number of amides is 1. The lowest BCUT2D eigenvalue weighted by Gasteiger charge is -2.17. The second-order valence-corrected chi connectivity index (χ2v) is 4.86. The van der Waals surface area contributed by atoms with E-state index < -0.39 is 0 Å². The molecule has 2 aromatic carbocycles. The van der Waals surface area contributed by atoms with Crippen LogP contribution in [0.4, 0.5) is 0 Å². The van der Waals surface area contributed by atoms with Gasteiger partial charge >= 0.3 is 0 Å². The van der Waals surface area contributed by atoms with Crippen LogP contribution in [0.1, 0.15) is 21.5 Å². The third kappa shape index (κ3) is 3.68. The average molecular weight is 269 g/mol.